The van der Waals surface area contributed by atoms with Gasteiger partial charge in [-0.2, -0.15) is 4.37 Å². The number of benzene rings is 2. The second kappa shape index (κ2) is 10.1. The minimum atomic E-state index is -0.136. The Balaban J connectivity index is 1.27. The molecule has 0 bridgehead atoms. The number of nitrogens with one attached hydrogen (secondary N) is 2. The van der Waals surface area contributed by atoms with E-state index in [4.69, 9.17) is 4.37 Å². The number of aryl methyl sites for hydroxylation is 1. The Labute approximate surface area is 188 Å². The van der Waals surface area contributed by atoms with Crippen molar-refractivity contribution in [2.45, 2.75) is 26.7 Å². The normalized spacial score (nSPS) is 14.7. The maximum atomic E-state index is 11.9. The highest BCUT2D eigenvalue weighted by Gasteiger charge is 2.20. The first-order valence-electron chi connectivity index (χ1n) is 11.1. The monoisotopic (exact) mass is 437 g/mol. The van der Waals surface area contributed by atoms with Crippen LogP contribution in [0.4, 0.5) is 16.3 Å². The van der Waals surface area contributed by atoms with E-state index in [0.29, 0.717) is 6.54 Å². The number of hydrogen-bond donors (Lipinski definition) is 2. The van der Waals surface area contributed by atoms with Crippen molar-refractivity contribution in [2.75, 3.05) is 49.5 Å². The highest BCUT2D eigenvalue weighted by atomic mass is 32.1. The predicted molar refractivity (Wildman–Crippen MR) is 130 cm³/mol. The molecule has 1 aliphatic rings. The van der Waals surface area contributed by atoms with Crippen molar-refractivity contribution < 1.29 is 4.79 Å². The summed E-state index contributed by atoms with van der Waals surface area (Å²) >= 11 is 1.59. The molecule has 4 rings (SSSR count). The Morgan fingerprint density at radius 1 is 1.13 bits per heavy atom. The van der Waals surface area contributed by atoms with E-state index in [1.165, 1.54) is 15.6 Å². The number of hydrogen-bond acceptors (Lipinski definition) is 5. The van der Waals surface area contributed by atoms with Crippen molar-refractivity contribution in [3.63, 3.8) is 0 Å². The minimum Gasteiger partial charge on any atom is -0.353 e. The van der Waals surface area contributed by atoms with Crippen LogP contribution < -0.4 is 15.5 Å². The predicted octanol–water partition coefficient (Wildman–Crippen LogP) is 4.50. The van der Waals surface area contributed by atoms with Gasteiger partial charge in [0.1, 0.15) is 5.82 Å². The first-order valence-corrected chi connectivity index (χ1v) is 11.9. The molecule has 3 aromatic rings. The number of carbonyl (C=O) groups is 1. The lowest BCUT2D eigenvalue weighted by atomic mass is 10.1. The third-order valence-corrected chi connectivity index (χ3v) is 6.64. The van der Waals surface area contributed by atoms with Crippen LogP contribution >= 0.6 is 11.5 Å². The molecule has 2 heterocycles. The van der Waals surface area contributed by atoms with Crippen molar-refractivity contribution in [3.05, 3.63) is 53.6 Å². The van der Waals surface area contributed by atoms with Gasteiger partial charge in [0.05, 0.1) is 4.70 Å². The fraction of sp³-hybridized carbons (Fsp3) is 0.417. The molecule has 6 nitrogen and oxygen atoms in total. The lowest BCUT2D eigenvalue weighted by molar-refractivity contribution is 0.252. The largest absolute Gasteiger partial charge is 0.353 e. The lowest BCUT2D eigenvalue weighted by Crippen LogP contribution is -2.47. The van der Waals surface area contributed by atoms with Gasteiger partial charge >= 0.3 is 6.03 Å². The van der Waals surface area contributed by atoms with E-state index in [1.54, 1.807) is 11.5 Å². The van der Waals surface area contributed by atoms with Crippen molar-refractivity contribution in [2.24, 2.45) is 0 Å². The van der Waals surface area contributed by atoms with Crippen LogP contribution in [0.3, 0.4) is 0 Å². The van der Waals surface area contributed by atoms with Gasteiger partial charge in [0.25, 0.3) is 0 Å². The maximum absolute atomic E-state index is 11.9. The highest BCUT2D eigenvalue weighted by molar-refractivity contribution is 7.13. The Hall–Kier alpha value is -2.64. The Kier molecular flexibility index (Phi) is 7.04. The zero-order chi connectivity index (χ0) is 21.6. The number of anilines is 2. The SMILES string of the molecule is CCCNC(=O)Nc1ccc(CCN2CCN(c3nsc4ccccc34)CC2)cc1C. The molecule has 31 heavy (non-hydrogen) atoms. The summed E-state index contributed by atoms with van der Waals surface area (Å²) in [6.45, 7) is 9.98. The third kappa shape index (κ3) is 5.35. The molecule has 164 valence electrons. The first-order chi connectivity index (χ1) is 15.1. The van der Waals surface area contributed by atoms with Gasteiger partial charge in [0.15, 0.2) is 0 Å². The highest BCUT2D eigenvalue weighted by Crippen LogP contribution is 2.29. The van der Waals surface area contributed by atoms with E-state index in [9.17, 15) is 4.79 Å². The van der Waals surface area contributed by atoms with Gasteiger partial charge in [-0.3, -0.25) is 4.90 Å². The van der Waals surface area contributed by atoms with Crippen LogP contribution in [0.2, 0.25) is 0 Å². The van der Waals surface area contributed by atoms with Gasteiger partial charge in [-0.15, -0.1) is 0 Å². The standard InChI is InChI=1S/C24H31N5OS/c1-3-11-25-24(30)26-21-9-8-19(17-18(21)2)10-12-28-13-15-29(16-14-28)23-20-6-4-5-7-22(20)31-27-23/h4-9,17H,3,10-16H2,1-2H3,(H2,25,26,30). The molecule has 0 aliphatic carbocycles. The maximum Gasteiger partial charge on any atom is 0.319 e. The zero-order valence-corrected chi connectivity index (χ0v) is 19.2. The molecular formula is C24H31N5OS. The Morgan fingerprint density at radius 3 is 2.71 bits per heavy atom. The number of nitrogens with zero attached hydrogens (tertiary/aromatic N) is 3. The van der Waals surface area contributed by atoms with E-state index in [1.807, 2.05) is 13.0 Å². The summed E-state index contributed by atoms with van der Waals surface area (Å²) in [5.41, 5.74) is 3.29. The van der Waals surface area contributed by atoms with Crippen LogP contribution in [0.1, 0.15) is 24.5 Å². The zero-order valence-electron chi connectivity index (χ0n) is 18.4. The summed E-state index contributed by atoms with van der Waals surface area (Å²) in [5.74, 6) is 1.14. The van der Waals surface area contributed by atoms with Gasteiger partial charge < -0.3 is 15.5 Å². The van der Waals surface area contributed by atoms with Gasteiger partial charge in [-0.05, 0) is 60.6 Å². The molecule has 0 atom stereocenters. The fourth-order valence-electron chi connectivity index (χ4n) is 4.00. The topological polar surface area (TPSA) is 60.5 Å². The van der Waals surface area contributed by atoms with Gasteiger partial charge in [0.2, 0.25) is 0 Å². The van der Waals surface area contributed by atoms with Crippen LogP contribution in [0, 0.1) is 6.92 Å². The molecule has 0 saturated carbocycles. The van der Waals surface area contributed by atoms with E-state index < -0.39 is 0 Å². The molecule has 1 fully saturated rings. The average Bonchev–Trinajstić information content (AvgIpc) is 3.22. The second-order valence-electron chi connectivity index (χ2n) is 8.11. The van der Waals surface area contributed by atoms with Crippen LogP contribution in [-0.2, 0) is 6.42 Å². The first kappa shape index (κ1) is 21.6. The number of aromatic nitrogens is 1. The number of rotatable bonds is 7. The number of amides is 2. The lowest BCUT2D eigenvalue weighted by Gasteiger charge is -2.35. The number of carbonyl (C=O) groups excluding carboxylic acids is 1. The Bertz CT molecular complexity index is 1030. The van der Waals surface area contributed by atoms with Crippen molar-refractivity contribution in [1.82, 2.24) is 14.6 Å². The van der Waals surface area contributed by atoms with Crippen LogP contribution in [0.15, 0.2) is 42.5 Å². The fourth-order valence-corrected chi connectivity index (χ4v) is 4.79. The minimum absolute atomic E-state index is 0.136. The number of piperazine rings is 1. The summed E-state index contributed by atoms with van der Waals surface area (Å²) in [6, 6.07) is 14.7. The number of fused-ring (bicyclic) bond motifs is 1. The van der Waals surface area contributed by atoms with Crippen LogP contribution in [-0.4, -0.2) is 54.6 Å². The molecule has 1 saturated heterocycles. The molecule has 7 heteroatoms. The second-order valence-corrected chi connectivity index (χ2v) is 8.92. The summed E-state index contributed by atoms with van der Waals surface area (Å²) in [6.07, 6.45) is 1.95. The third-order valence-electron chi connectivity index (χ3n) is 5.82. The average molecular weight is 438 g/mol. The molecule has 2 aromatic carbocycles. The Morgan fingerprint density at radius 2 is 1.94 bits per heavy atom. The molecule has 2 amide bonds. The quantitative estimate of drug-likeness (QED) is 0.571. The van der Waals surface area contributed by atoms with Crippen molar-refractivity contribution in [1.29, 1.82) is 0 Å². The van der Waals surface area contributed by atoms with Crippen molar-refractivity contribution in [3.8, 4) is 0 Å². The van der Waals surface area contributed by atoms with Crippen molar-refractivity contribution >= 4 is 39.2 Å². The van der Waals surface area contributed by atoms with E-state index in [2.05, 4.69) is 63.8 Å². The molecule has 0 spiro atoms. The van der Waals surface area contributed by atoms with Crippen LogP contribution in [0.25, 0.3) is 10.1 Å². The van der Waals surface area contributed by atoms with E-state index >= 15 is 0 Å². The molecule has 2 N–H and O–H groups in total. The van der Waals surface area contributed by atoms with E-state index in [-0.39, 0.29) is 6.03 Å². The van der Waals surface area contributed by atoms with Crippen LogP contribution in [0.5, 0.6) is 0 Å². The summed E-state index contributed by atoms with van der Waals surface area (Å²) in [5, 5.41) is 7.06. The summed E-state index contributed by atoms with van der Waals surface area (Å²) in [4.78, 5) is 16.8. The molecule has 0 radical (unpaired) electrons. The molecular weight excluding hydrogens is 406 g/mol. The molecule has 1 aromatic heterocycles. The van der Waals surface area contributed by atoms with Gasteiger partial charge in [-0.25, -0.2) is 4.79 Å². The van der Waals surface area contributed by atoms with E-state index in [0.717, 1.165) is 62.6 Å². The number of urea groups is 1. The van der Waals surface area contributed by atoms with Gasteiger partial charge in [-0.1, -0.05) is 31.2 Å². The smallest absolute Gasteiger partial charge is 0.319 e. The van der Waals surface area contributed by atoms with Gasteiger partial charge in [0, 0.05) is 50.3 Å². The summed E-state index contributed by atoms with van der Waals surface area (Å²) < 4.78 is 5.97. The molecule has 1 aliphatic heterocycles. The summed E-state index contributed by atoms with van der Waals surface area (Å²) in [7, 11) is 0. The molecule has 0 unspecified atom stereocenters.